The summed E-state index contributed by atoms with van der Waals surface area (Å²) >= 11 is 0. The molecule has 0 saturated carbocycles. The molecule has 0 spiro atoms. The van der Waals surface area contributed by atoms with E-state index in [2.05, 4.69) is 11.9 Å². The van der Waals surface area contributed by atoms with Crippen LogP contribution in [-0.4, -0.2) is 6.21 Å². The third kappa shape index (κ3) is 5.41. The Hall–Kier alpha value is -0.590. The van der Waals surface area contributed by atoms with Crippen molar-refractivity contribution < 1.29 is 0 Å². The Morgan fingerprint density at radius 3 is 2.71 bits per heavy atom. The van der Waals surface area contributed by atoms with Crippen molar-refractivity contribution in [1.29, 1.82) is 0 Å². The van der Waals surface area contributed by atoms with Crippen molar-refractivity contribution >= 4 is 6.21 Å². The van der Waals surface area contributed by atoms with Gasteiger partial charge >= 0.3 is 0 Å². The number of aliphatic imine (C=N–C) groups is 1. The molecule has 0 aliphatic rings. The fourth-order valence-electron chi connectivity index (χ4n) is 0.252. The van der Waals surface area contributed by atoms with Gasteiger partial charge in [-0.1, -0.05) is 13.0 Å². The summed E-state index contributed by atoms with van der Waals surface area (Å²) in [5.74, 6) is 0. The standard InChI is InChI=1S/C6H11N/c1-3-5-7-6-4-2/h3,5-6H,4H2,1-2H3. The molecule has 0 saturated heterocycles. The lowest BCUT2D eigenvalue weighted by Crippen LogP contribution is -1.61. The molecule has 0 heterocycles. The van der Waals surface area contributed by atoms with Gasteiger partial charge in [0.15, 0.2) is 0 Å². The van der Waals surface area contributed by atoms with Gasteiger partial charge in [0, 0.05) is 12.4 Å². The molecule has 1 nitrogen and oxygen atoms in total. The second kappa shape index (κ2) is 5.41. The van der Waals surface area contributed by atoms with Crippen LogP contribution in [0.1, 0.15) is 20.3 Å². The average Bonchev–Trinajstić information content (AvgIpc) is 1.69. The van der Waals surface area contributed by atoms with E-state index in [0.29, 0.717) is 0 Å². The number of nitrogens with zero attached hydrogens (tertiary/aromatic N) is 1. The molecule has 0 radical (unpaired) electrons. The molecule has 0 atom stereocenters. The molecule has 0 bridgehead atoms. The quantitative estimate of drug-likeness (QED) is 0.467. The van der Waals surface area contributed by atoms with Gasteiger partial charge in [-0.15, -0.1) is 0 Å². The minimum Gasteiger partial charge on any atom is -0.269 e. The van der Waals surface area contributed by atoms with E-state index >= 15 is 0 Å². The van der Waals surface area contributed by atoms with E-state index < -0.39 is 0 Å². The van der Waals surface area contributed by atoms with Crippen LogP contribution >= 0.6 is 0 Å². The van der Waals surface area contributed by atoms with Crippen LogP contribution in [0.15, 0.2) is 17.3 Å². The third-order valence-electron chi connectivity index (χ3n) is 0.523. The molecule has 0 aromatic heterocycles. The lowest BCUT2D eigenvalue weighted by Gasteiger charge is -1.71. The van der Waals surface area contributed by atoms with Crippen molar-refractivity contribution in [3.05, 3.63) is 12.3 Å². The number of hydrogen-bond donors (Lipinski definition) is 0. The van der Waals surface area contributed by atoms with Crippen LogP contribution in [0.2, 0.25) is 0 Å². The first-order valence-electron chi connectivity index (χ1n) is 2.54. The highest BCUT2D eigenvalue weighted by Gasteiger charge is 1.58. The third-order valence-corrected chi connectivity index (χ3v) is 0.523. The van der Waals surface area contributed by atoms with E-state index in [1.807, 2.05) is 19.2 Å². The summed E-state index contributed by atoms with van der Waals surface area (Å²) in [6, 6.07) is 0. The van der Waals surface area contributed by atoms with Gasteiger partial charge in [0.1, 0.15) is 0 Å². The SMILES string of the molecule is CC=CN=CCC. The minimum absolute atomic E-state index is 1.02. The molecular weight excluding hydrogens is 86.1 g/mol. The predicted octanol–water partition coefficient (Wildman–Crippen LogP) is 2.00. The van der Waals surface area contributed by atoms with Crippen molar-refractivity contribution in [3.63, 3.8) is 0 Å². The van der Waals surface area contributed by atoms with Gasteiger partial charge in [-0.3, -0.25) is 4.99 Å². The smallest absolute Gasteiger partial charge is 0.0221 e. The lowest BCUT2D eigenvalue weighted by atomic mass is 10.5. The maximum absolute atomic E-state index is 3.90. The van der Waals surface area contributed by atoms with Crippen molar-refractivity contribution in [1.82, 2.24) is 0 Å². The van der Waals surface area contributed by atoms with Gasteiger partial charge in [-0.25, -0.2) is 0 Å². The molecule has 0 fully saturated rings. The summed E-state index contributed by atoms with van der Waals surface area (Å²) < 4.78 is 0. The first-order valence-corrected chi connectivity index (χ1v) is 2.54. The maximum Gasteiger partial charge on any atom is 0.0221 e. The topological polar surface area (TPSA) is 12.4 Å². The first kappa shape index (κ1) is 6.41. The summed E-state index contributed by atoms with van der Waals surface area (Å²) in [4.78, 5) is 3.90. The van der Waals surface area contributed by atoms with Gasteiger partial charge in [0.2, 0.25) is 0 Å². The summed E-state index contributed by atoms with van der Waals surface area (Å²) in [7, 11) is 0. The zero-order valence-electron chi connectivity index (χ0n) is 4.89. The van der Waals surface area contributed by atoms with Gasteiger partial charge in [0.05, 0.1) is 0 Å². The van der Waals surface area contributed by atoms with Crippen molar-refractivity contribution in [3.8, 4) is 0 Å². The van der Waals surface area contributed by atoms with Crippen LogP contribution in [0.3, 0.4) is 0 Å². The number of allylic oxidation sites excluding steroid dienone is 1. The van der Waals surface area contributed by atoms with E-state index in [9.17, 15) is 0 Å². The van der Waals surface area contributed by atoms with Gasteiger partial charge < -0.3 is 0 Å². The van der Waals surface area contributed by atoms with Gasteiger partial charge in [0.25, 0.3) is 0 Å². The zero-order chi connectivity index (χ0) is 5.54. The van der Waals surface area contributed by atoms with Crippen LogP contribution in [0.25, 0.3) is 0 Å². The highest BCUT2D eigenvalue weighted by atomic mass is 14.6. The van der Waals surface area contributed by atoms with Crippen LogP contribution < -0.4 is 0 Å². The predicted molar refractivity (Wildman–Crippen MR) is 33.6 cm³/mol. The molecule has 0 aromatic rings. The Morgan fingerprint density at radius 2 is 2.29 bits per heavy atom. The highest BCUT2D eigenvalue weighted by molar-refractivity contribution is 5.57. The number of hydrogen-bond acceptors (Lipinski definition) is 1. The molecule has 0 unspecified atom stereocenters. The van der Waals surface area contributed by atoms with Gasteiger partial charge in [-0.05, 0) is 13.3 Å². The second-order valence-electron chi connectivity index (χ2n) is 1.22. The van der Waals surface area contributed by atoms with E-state index in [4.69, 9.17) is 0 Å². The molecule has 0 amide bonds. The van der Waals surface area contributed by atoms with Crippen molar-refractivity contribution in [2.45, 2.75) is 20.3 Å². The first-order chi connectivity index (χ1) is 3.41. The Bertz CT molecular complexity index is 72.2. The average molecular weight is 97.2 g/mol. The van der Waals surface area contributed by atoms with Crippen molar-refractivity contribution in [2.75, 3.05) is 0 Å². The Morgan fingerprint density at radius 1 is 1.57 bits per heavy atom. The Kier molecular flexibility index (Phi) is 4.95. The fraction of sp³-hybridized carbons (Fsp3) is 0.500. The van der Waals surface area contributed by atoms with E-state index in [-0.39, 0.29) is 0 Å². The van der Waals surface area contributed by atoms with Crippen LogP contribution in [-0.2, 0) is 0 Å². The van der Waals surface area contributed by atoms with E-state index in [0.717, 1.165) is 6.42 Å². The Balaban J connectivity index is 3.09. The minimum atomic E-state index is 1.02. The van der Waals surface area contributed by atoms with Crippen molar-refractivity contribution in [2.24, 2.45) is 4.99 Å². The summed E-state index contributed by atoms with van der Waals surface area (Å²) in [6.07, 6.45) is 6.58. The molecule has 0 rings (SSSR count). The molecule has 0 N–H and O–H groups in total. The molecule has 0 aliphatic heterocycles. The summed E-state index contributed by atoms with van der Waals surface area (Å²) in [6.45, 7) is 4.01. The second-order valence-corrected chi connectivity index (χ2v) is 1.22. The largest absolute Gasteiger partial charge is 0.269 e. The summed E-state index contributed by atoms with van der Waals surface area (Å²) in [5.41, 5.74) is 0. The monoisotopic (exact) mass is 97.1 g/mol. The fourth-order valence-corrected chi connectivity index (χ4v) is 0.252. The molecule has 40 valence electrons. The number of rotatable bonds is 2. The van der Waals surface area contributed by atoms with E-state index in [1.165, 1.54) is 0 Å². The normalized spacial score (nSPS) is 11.7. The van der Waals surface area contributed by atoms with Crippen LogP contribution in [0, 0.1) is 0 Å². The molecule has 0 aromatic carbocycles. The summed E-state index contributed by atoms with van der Waals surface area (Å²) in [5, 5.41) is 0. The molecular formula is C6H11N. The van der Waals surface area contributed by atoms with Gasteiger partial charge in [-0.2, -0.15) is 0 Å². The maximum atomic E-state index is 3.90. The zero-order valence-corrected chi connectivity index (χ0v) is 4.89. The highest BCUT2D eigenvalue weighted by Crippen LogP contribution is 1.72. The molecule has 1 heteroatoms. The van der Waals surface area contributed by atoms with Crippen LogP contribution in [0.4, 0.5) is 0 Å². The Labute approximate surface area is 44.8 Å². The molecule has 0 aliphatic carbocycles. The molecule has 7 heavy (non-hydrogen) atoms. The van der Waals surface area contributed by atoms with E-state index in [1.54, 1.807) is 6.20 Å². The lowest BCUT2D eigenvalue weighted by molar-refractivity contribution is 1.31. The van der Waals surface area contributed by atoms with Crippen LogP contribution in [0.5, 0.6) is 0 Å².